The highest BCUT2D eigenvalue weighted by molar-refractivity contribution is 8.13. The van der Waals surface area contributed by atoms with Crippen LogP contribution in [0.5, 0.6) is 0 Å². The standard InChI is InChI=1S/C12H15Cl2NO3S/c1-8(2)3-4-15-12(16)9-5-10(13)7-11(6-9)19(14,17)18/h5-8H,3-4H2,1-2H3,(H,15,16). The van der Waals surface area contributed by atoms with Crippen molar-refractivity contribution in [3.8, 4) is 0 Å². The van der Waals surface area contributed by atoms with Crippen molar-refractivity contribution in [2.45, 2.75) is 25.2 Å². The van der Waals surface area contributed by atoms with Crippen molar-refractivity contribution in [2.75, 3.05) is 6.54 Å². The second-order valence-electron chi connectivity index (χ2n) is 4.55. The molecular formula is C12H15Cl2NO3S. The van der Waals surface area contributed by atoms with Crippen LogP contribution < -0.4 is 5.32 Å². The van der Waals surface area contributed by atoms with Crippen LogP contribution in [-0.4, -0.2) is 20.9 Å². The predicted octanol–water partition coefficient (Wildman–Crippen LogP) is 3.04. The van der Waals surface area contributed by atoms with Gasteiger partial charge in [0.15, 0.2) is 0 Å². The molecule has 1 rings (SSSR count). The Labute approximate surface area is 122 Å². The van der Waals surface area contributed by atoms with Gasteiger partial charge in [-0.25, -0.2) is 8.42 Å². The summed E-state index contributed by atoms with van der Waals surface area (Å²) >= 11 is 5.78. The van der Waals surface area contributed by atoms with Crippen molar-refractivity contribution < 1.29 is 13.2 Å². The minimum absolute atomic E-state index is 0.149. The average molecular weight is 324 g/mol. The van der Waals surface area contributed by atoms with Crippen LogP contribution in [0.25, 0.3) is 0 Å². The average Bonchev–Trinajstić information content (AvgIpc) is 2.26. The summed E-state index contributed by atoms with van der Waals surface area (Å²) in [6.07, 6.45) is 0.840. The lowest BCUT2D eigenvalue weighted by Gasteiger charge is -2.08. The molecule has 0 atom stereocenters. The molecule has 0 bridgehead atoms. The molecule has 1 aromatic rings. The number of hydrogen-bond acceptors (Lipinski definition) is 3. The Bertz CT molecular complexity index is 570. The van der Waals surface area contributed by atoms with E-state index in [1.807, 2.05) is 13.8 Å². The summed E-state index contributed by atoms with van der Waals surface area (Å²) in [7, 11) is 1.33. The molecule has 0 heterocycles. The normalized spacial score (nSPS) is 11.6. The molecule has 1 N–H and O–H groups in total. The van der Waals surface area contributed by atoms with Gasteiger partial charge in [0.1, 0.15) is 0 Å². The second-order valence-corrected chi connectivity index (χ2v) is 7.55. The molecule has 0 fully saturated rings. The Hall–Kier alpha value is -0.780. The zero-order chi connectivity index (χ0) is 14.6. The first-order chi connectivity index (χ1) is 8.70. The van der Waals surface area contributed by atoms with Gasteiger partial charge in [0, 0.05) is 27.8 Å². The van der Waals surface area contributed by atoms with Crippen LogP contribution in [0.15, 0.2) is 23.1 Å². The maximum absolute atomic E-state index is 11.8. The Morgan fingerprint density at radius 3 is 2.47 bits per heavy atom. The van der Waals surface area contributed by atoms with Gasteiger partial charge in [-0.15, -0.1) is 0 Å². The van der Waals surface area contributed by atoms with Crippen LogP contribution in [0.2, 0.25) is 5.02 Å². The number of rotatable bonds is 5. The van der Waals surface area contributed by atoms with Crippen molar-refractivity contribution in [1.82, 2.24) is 5.32 Å². The van der Waals surface area contributed by atoms with E-state index >= 15 is 0 Å². The second kappa shape index (κ2) is 6.59. The maximum Gasteiger partial charge on any atom is 0.261 e. The van der Waals surface area contributed by atoms with E-state index in [1.54, 1.807) is 0 Å². The largest absolute Gasteiger partial charge is 0.352 e. The van der Waals surface area contributed by atoms with Crippen LogP contribution in [0, 0.1) is 5.92 Å². The Morgan fingerprint density at radius 2 is 1.95 bits per heavy atom. The molecule has 0 spiro atoms. The van der Waals surface area contributed by atoms with Crippen LogP contribution >= 0.6 is 22.3 Å². The summed E-state index contributed by atoms with van der Waals surface area (Å²) in [5.74, 6) is 0.100. The lowest BCUT2D eigenvalue weighted by molar-refractivity contribution is 0.0952. The molecule has 0 aliphatic rings. The molecule has 0 unspecified atom stereocenters. The highest BCUT2D eigenvalue weighted by Crippen LogP contribution is 2.22. The van der Waals surface area contributed by atoms with Gasteiger partial charge in [0.25, 0.3) is 15.0 Å². The fourth-order valence-corrected chi connectivity index (χ4v) is 2.51. The van der Waals surface area contributed by atoms with Gasteiger partial charge in [0.2, 0.25) is 0 Å². The third-order valence-corrected chi connectivity index (χ3v) is 3.97. The van der Waals surface area contributed by atoms with E-state index in [1.165, 1.54) is 18.2 Å². The van der Waals surface area contributed by atoms with E-state index in [-0.39, 0.29) is 21.4 Å². The molecule has 0 saturated heterocycles. The zero-order valence-corrected chi connectivity index (χ0v) is 12.9. The minimum Gasteiger partial charge on any atom is -0.352 e. The SMILES string of the molecule is CC(C)CCNC(=O)c1cc(Cl)cc(S(=O)(=O)Cl)c1. The first-order valence-electron chi connectivity index (χ1n) is 5.73. The van der Waals surface area contributed by atoms with Crippen molar-refractivity contribution >= 4 is 37.2 Å². The number of nitrogens with one attached hydrogen (secondary N) is 1. The van der Waals surface area contributed by atoms with E-state index < -0.39 is 9.05 Å². The molecule has 106 valence electrons. The van der Waals surface area contributed by atoms with Gasteiger partial charge in [-0.3, -0.25) is 4.79 Å². The van der Waals surface area contributed by atoms with E-state index in [0.717, 1.165) is 6.42 Å². The Kier molecular flexibility index (Phi) is 5.64. The van der Waals surface area contributed by atoms with E-state index in [9.17, 15) is 13.2 Å². The summed E-state index contributed by atoms with van der Waals surface area (Å²) < 4.78 is 22.5. The molecule has 0 radical (unpaired) electrons. The zero-order valence-electron chi connectivity index (χ0n) is 10.6. The third kappa shape index (κ3) is 5.38. The van der Waals surface area contributed by atoms with E-state index in [2.05, 4.69) is 5.32 Å². The monoisotopic (exact) mass is 323 g/mol. The molecule has 7 heteroatoms. The third-order valence-electron chi connectivity index (χ3n) is 2.42. The number of carbonyl (C=O) groups is 1. The highest BCUT2D eigenvalue weighted by atomic mass is 35.7. The van der Waals surface area contributed by atoms with Crippen molar-refractivity contribution in [2.24, 2.45) is 5.92 Å². The fraction of sp³-hybridized carbons (Fsp3) is 0.417. The van der Waals surface area contributed by atoms with Gasteiger partial charge >= 0.3 is 0 Å². The molecule has 1 amide bonds. The van der Waals surface area contributed by atoms with E-state index in [4.69, 9.17) is 22.3 Å². The van der Waals surface area contributed by atoms with Gasteiger partial charge in [-0.1, -0.05) is 25.4 Å². The molecule has 0 aromatic heterocycles. The summed E-state index contributed by atoms with van der Waals surface area (Å²) in [5, 5.41) is 2.85. The maximum atomic E-state index is 11.8. The molecule has 0 aliphatic carbocycles. The van der Waals surface area contributed by atoms with Gasteiger partial charge in [-0.05, 0) is 30.5 Å². The lowest BCUT2D eigenvalue weighted by Crippen LogP contribution is -2.25. The van der Waals surface area contributed by atoms with Gasteiger partial charge in [0.05, 0.1) is 4.90 Å². The molecule has 1 aromatic carbocycles. The van der Waals surface area contributed by atoms with Crippen LogP contribution in [0.3, 0.4) is 0 Å². The smallest absolute Gasteiger partial charge is 0.261 e. The van der Waals surface area contributed by atoms with Crippen molar-refractivity contribution in [3.05, 3.63) is 28.8 Å². The Morgan fingerprint density at radius 1 is 1.32 bits per heavy atom. The first-order valence-corrected chi connectivity index (χ1v) is 8.42. The molecule has 0 saturated carbocycles. The predicted molar refractivity (Wildman–Crippen MR) is 76.3 cm³/mol. The van der Waals surface area contributed by atoms with Gasteiger partial charge < -0.3 is 5.32 Å². The van der Waals surface area contributed by atoms with Crippen LogP contribution in [0.4, 0.5) is 0 Å². The minimum atomic E-state index is -3.91. The van der Waals surface area contributed by atoms with Crippen molar-refractivity contribution in [3.63, 3.8) is 0 Å². The lowest BCUT2D eigenvalue weighted by atomic mass is 10.1. The number of halogens is 2. The summed E-state index contributed by atoms with van der Waals surface area (Å²) in [5.41, 5.74) is 0.176. The first kappa shape index (κ1) is 16.3. The number of hydrogen-bond donors (Lipinski definition) is 1. The summed E-state index contributed by atoms with van der Waals surface area (Å²) in [4.78, 5) is 11.7. The van der Waals surface area contributed by atoms with Crippen LogP contribution in [0.1, 0.15) is 30.6 Å². The fourth-order valence-electron chi connectivity index (χ4n) is 1.41. The highest BCUT2D eigenvalue weighted by Gasteiger charge is 2.15. The Balaban J connectivity index is 2.89. The van der Waals surface area contributed by atoms with Crippen molar-refractivity contribution in [1.29, 1.82) is 0 Å². The number of amides is 1. The number of carbonyl (C=O) groups excluding carboxylic acids is 1. The molecule has 4 nitrogen and oxygen atoms in total. The topological polar surface area (TPSA) is 63.2 Å². The molecule has 0 aliphatic heterocycles. The van der Waals surface area contributed by atoms with Crippen LogP contribution in [-0.2, 0) is 9.05 Å². The number of benzene rings is 1. The quantitative estimate of drug-likeness (QED) is 0.847. The summed E-state index contributed by atoms with van der Waals surface area (Å²) in [6, 6.07) is 3.81. The van der Waals surface area contributed by atoms with Gasteiger partial charge in [-0.2, -0.15) is 0 Å². The van der Waals surface area contributed by atoms with E-state index in [0.29, 0.717) is 12.5 Å². The summed E-state index contributed by atoms with van der Waals surface area (Å²) in [6.45, 7) is 4.61. The molecular weight excluding hydrogens is 309 g/mol. The molecule has 19 heavy (non-hydrogen) atoms.